The Balaban J connectivity index is 1.62. The number of ether oxygens (including phenoxy) is 1. The zero-order valence-corrected chi connectivity index (χ0v) is 17.5. The molecule has 3 rings (SSSR count). The van der Waals surface area contributed by atoms with E-state index in [0.29, 0.717) is 30.8 Å². The lowest BCUT2D eigenvalue weighted by Gasteiger charge is -2.26. The number of piperidine rings is 1. The van der Waals surface area contributed by atoms with Crippen molar-refractivity contribution in [2.75, 3.05) is 25.0 Å². The van der Waals surface area contributed by atoms with Crippen molar-refractivity contribution < 1.29 is 22.7 Å². The van der Waals surface area contributed by atoms with E-state index in [1.807, 2.05) is 12.2 Å². The van der Waals surface area contributed by atoms with Crippen molar-refractivity contribution in [3.8, 4) is 0 Å². The first kappa shape index (κ1) is 21.5. The molecule has 0 bridgehead atoms. The van der Waals surface area contributed by atoms with Gasteiger partial charge >= 0.3 is 5.97 Å². The third-order valence-corrected chi connectivity index (χ3v) is 7.39. The van der Waals surface area contributed by atoms with E-state index < -0.39 is 15.9 Å². The summed E-state index contributed by atoms with van der Waals surface area (Å²) in [6, 6.07) is 4.80. The smallest absolute Gasteiger partial charge is 0.309 e. The van der Waals surface area contributed by atoms with Crippen LogP contribution in [0.15, 0.2) is 35.2 Å². The van der Waals surface area contributed by atoms with Crippen LogP contribution in [0.25, 0.3) is 0 Å². The van der Waals surface area contributed by atoms with Gasteiger partial charge in [-0.25, -0.2) is 8.42 Å². The maximum atomic E-state index is 13.0. The largest absolute Gasteiger partial charge is 0.455 e. The van der Waals surface area contributed by atoms with Crippen molar-refractivity contribution in [3.63, 3.8) is 0 Å². The highest BCUT2D eigenvalue weighted by Gasteiger charge is 2.28. The van der Waals surface area contributed by atoms with Gasteiger partial charge in [-0.3, -0.25) is 9.59 Å². The number of nitrogens with one attached hydrogen (secondary N) is 1. The molecular formula is C21H28N2O5S. The molecule has 1 fully saturated rings. The zero-order chi connectivity index (χ0) is 20.9. The topological polar surface area (TPSA) is 92.8 Å². The van der Waals surface area contributed by atoms with E-state index in [-0.39, 0.29) is 23.4 Å². The third kappa shape index (κ3) is 5.45. The molecule has 0 spiro atoms. The van der Waals surface area contributed by atoms with Crippen LogP contribution < -0.4 is 5.32 Å². The van der Waals surface area contributed by atoms with E-state index in [9.17, 15) is 18.0 Å². The predicted molar refractivity (Wildman–Crippen MR) is 110 cm³/mol. The summed E-state index contributed by atoms with van der Waals surface area (Å²) in [6.45, 7) is 2.39. The summed E-state index contributed by atoms with van der Waals surface area (Å²) in [4.78, 5) is 24.4. The Labute approximate surface area is 172 Å². The highest BCUT2D eigenvalue weighted by atomic mass is 32.2. The first-order chi connectivity index (χ1) is 13.9. The fraction of sp³-hybridized carbons (Fsp3) is 0.524. The van der Waals surface area contributed by atoms with Crippen LogP contribution in [0, 0.1) is 12.8 Å². The number of hydrogen-bond acceptors (Lipinski definition) is 5. The molecule has 1 saturated heterocycles. The summed E-state index contributed by atoms with van der Waals surface area (Å²) in [5, 5.41) is 2.63. The van der Waals surface area contributed by atoms with Gasteiger partial charge in [0.05, 0.1) is 10.8 Å². The summed E-state index contributed by atoms with van der Waals surface area (Å²) in [6.07, 6.45) is 8.94. The molecule has 1 heterocycles. The van der Waals surface area contributed by atoms with Crippen molar-refractivity contribution in [2.45, 2.75) is 50.3 Å². The fourth-order valence-electron chi connectivity index (χ4n) is 3.66. The molecule has 0 unspecified atom stereocenters. The maximum Gasteiger partial charge on any atom is 0.309 e. The second-order valence-electron chi connectivity index (χ2n) is 7.58. The van der Waals surface area contributed by atoms with E-state index in [1.165, 1.54) is 10.4 Å². The van der Waals surface area contributed by atoms with Crippen LogP contribution >= 0.6 is 0 Å². The van der Waals surface area contributed by atoms with Crippen LogP contribution in [-0.2, 0) is 24.3 Å². The van der Waals surface area contributed by atoms with Gasteiger partial charge in [0, 0.05) is 18.8 Å². The number of benzene rings is 1. The normalized spacial score (nSPS) is 20.2. The second kappa shape index (κ2) is 9.54. The molecule has 1 amide bonds. The lowest BCUT2D eigenvalue weighted by atomic mass is 9.95. The van der Waals surface area contributed by atoms with Crippen molar-refractivity contribution in [1.29, 1.82) is 0 Å². The monoisotopic (exact) mass is 420 g/mol. The molecular weight excluding hydrogens is 392 g/mol. The van der Waals surface area contributed by atoms with Gasteiger partial charge in [-0.15, -0.1) is 0 Å². The Morgan fingerprint density at radius 2 is 1.93 bits per heavy atom. The average molecular weight is 421 g/mol. The molecule has 1 atom stereocenters. The number of sulfonamides is 1. The number of carbonyl (C=O) groups is 2. The van der Waals surface area contributed by atoms with E-state index in [1.54, 1.807) is 19.1 Å². The molecule has 0 aromatic heterocycles. The van der Waals surface area contributed by atoms with Crippen molar-refractivity contribution >= 4 is 27.6 Å². The molecule has 0 saturated carbocycles. The lowest BCUT2D eigenvalue weighted by Crippen LogP contribution is -2.36. The van der Waals surface area contributed by atoms with Crippen LogP contribution in [-0.4, -0.2) is 44.3 Å². The molecule has 29 heavy (non-hydrogen) atoms. The quantitative estimate of drug-likeness (QED) is 0.564. The number of esters is 1. The number of rotatable bonds is 6. The Bertz CT molecular complexity index is 888. The molecule has 1 aliphatic heterocycles. The fourth-order valence-corrected chi connectivity index (χ4v) is 5.43. The SMILES string of the molecule is Cc1ccc(NC(=O)COC(=O)[C@H]2CC=CCC2)cc1S(=O)(=O)N1CCCCC1. The zero-order valence-electron chi connectivity index (χ0n) is 16.7. The summed E-state index contributed by atoms with van der Waals surface area (Å²) in [7, 11) is -3.60. The second-order valence-corrected chi connectivity index (χ2v) is 9.49. The summed E-state index contributed by atoms with van der Waals surface area (Å²) < 4.78 is 32.6. The van der Waals surface area contributed by atoms with Crippen LogP contribution in [0.2, 0.25) is 0 Å². The summed E-state index contributed by atoms with van der Waals surface area (Å²) >= 11 is 0. The van der Waals surface area contributed by atoms with Crippen molar-refractivity contribution in [1.82, 2.24) is 4.31 Å². The van der Waals surface area contributed by atoms with Crippen molar-refractivity contribution in [2.24, 2.45) is 5.92 Å². The average Bonchev–Trinajstić information content (AvgIpc) is 2.74. The third-order valence-electron chi connectivity index (χ3n) is 5.35. The number of allylic oxidation sites excluding steroid dienone is 2. The minimum Gasteiger partial charge on any atom is -0.455 e. The molecule has 1 aliphatic carbocycles. The van der Waals surface area contributed by atoms with Gasteiger partial charge < -0.3 is 10.1 Å². The first-order valence-corrected chi connectivity index (χ1v) is 11.5. The molecule has 8 heteroatoms. The minimum atomic E-state index is -3.60. The van der Waals surface area contributed by atoms with Gasteiger partial charge in [-0.05, 0) is 56.7 Å². The molecule has 158 valence electrons. The van der Waals surface area contributed by atoms with Crippen LogP contribution in [0.3, 0.4) is 0 Å². The van der Waals surface area contributed by atoms with Gasteiger partial charge in [0.2, 0.25) is 10.0 Å². The van der Waals surface area contributed by atoms with Gasteiger partial charge in [0.1, 0.15) is 0 Å². The number of nitrogens with zero attached hydrogens (tertiary/aromatic N) is 1. The van der Waals surface area contributed by atoms with Gasteiger partial charge in [0.25, 0.3) is 5.91 Å². The Morgan fingerprint density at radius 3 is 2.62 bits per heavy atom. The highest BCUT2D eigenvalue weighted by Crippen LogP contribution is 2.26. The molecule has 2 aliphatic rings. The Morgan fingerprint density at radius 1 is 1.17 bits per heavy atom. The Kier molecular flexibility index (Phi) is 7.08. The number of anilines is 1. The molecule has 0 radical (unpaired) electrons. The minimum absolute atomic E-state index is 0.197. The number of amides is 1. The molecule has 1 aromatic rings. The van der Waals surface area contributed by atoms with E-state index >= 15 is 0 Å². The molecule has 7 nitrogen and oxygen atoms in total. The summed E-state index contributed by atoms with van der Waals surface area (Å²) in [5.41, 5.74) is 0.998. The lowest BCUT2D eigenvalue weighted by molar-refractivity contribution is -0.151. The van der Waals surface area contributed by atoms with Crippen LogP contribution in [0.4, 0.5) is 5.69 Å². The van der Waals surface area contributed by atoms with Crippen molar-refractivity contribution in [3.05, 3.63) is 35.9 Å². The highest BCUT2D eigenvalue weighted by molar-refractivity contribution is 7.89. The van der Waals surface area contributed by atoms with Crippen LogP contribution in [0.1, 0.15) is 44.1 Å². The standard InChI is InChI=1S/C21H28N2O5S/c1-16-10-11-18(14-19(16)29(26,27)23-12-6-3-7-13-23)22-20(24)15-28-21(25)17-8-4-2-5-9-17/h2,4,10-11,14,17H,3,5-9,12-13,15H2,1H3,(H,22,24)/t17-/m0/s1. The molecule has 1 aromatic carbocycles. The molecule has 1 N–H and O–H groups in total. The number of carbonyl (C=O) groups excluding carboxylic acids is 2. The van der Waals surface area contributed by atoms with Gasteiger partial charge in [-0.1, -0.05) is 24.6 Å². The van der Waals surface area contributed by atoms with E-state index in [0.717, 1.165) is 32.1 Å². The number of hydrogen-bond donors (Lipinski definition) is 1. The first-order valence-electron chi connectivity index (χ1n) is 10.1. The maximum absolute atomic E-state index is 13.0. The van der Waals surface area contributed by atoms with Crippen LogP contribution in [0.5, 0.6) is 0 Å². The van der Waals surface area contributed by atoms with E-state index in [2.05, 4.69) is 5.32 Å². The summed E-state index contributed by atoms with van der Waals surface area (Å²) in [5.74, 6) is -1.06. The number of aryl methyl sites for hydroxylation is 1. The Hall–Kier alpha value is -2.19. The van der Waals surface area contributed by atoms with Gasteiger partial charge in [-0.2, -0.15) is 4.31 Å². The van der Waals surface area contributed by atoms with E-state index in [4.69, 9.17) is 4.74 Å². The predicted octanol–water partition coefficient (Wildman–Crippen LogP) is 3.01. The van der Waals surface area contributed by atoms with Gasteiger partial charge in [0.15, 0.2) is 6.61 Å².